The number of hydrogen-bond acceptors (Lipinski definition) is 3. The van der Waals surface area contributed by atoms with Gasteiger partial charge in [0.15, 0.2) is 5.13 Å². The standard InChI is InChI=1S/C9H14N2OS/c1-3-4-6-11(8(2)12)9-10-5-7-13-9/h5,7H,3-4,6H2,1-2H3. The molecule has 0 bridgehead atoms. The van der Waals surface area contributed by atoms with Crippen LogP contribution in [-0.2, 0) is 4.79 Å². The minimum absolute atomic E-state index is 0.0726. The number of nitrogens with zero attached hydrogens (tertiary/aromatic N) is 2. The molecule has 1 rings (SSSR count). The molecule has 0 spiro atoms. The Labute approximate surface area is 82.4 Å². The van der Waals surface area contributed by atoms with Crippen molar-refractivity contribution in [3.63, 3.8) is 0 Å². The quantitative estimate of drug-likeness (QED) is 0.743. The van der Waals surface area contributed by atoms with Crippen LogP contribution in [0.3, 0.4) is 0 Å². The predicted molar refractivity (Wildman–Crippen MR) is 55.0 cm³/mol. The number of carbonyl (C=O) groups excluding carboxylic acids is 1. The lowest BCUT2D eigenvalue weighted by Crippen LogP contribution is -2.29. The fourth-order valence-electron chi connectivity index (χ4n) is 1.05. The molecule has 72 valence electrons. The molecule has 0 saturated heterocycles. The Bertz CT molecular complexity index is 259. The highest BCUT2D eigenvalue weighted by Gasteiger charge is 2.12. The maximum absolute atomic E-state index is 11.2. The summed E-state index contributed by atoms with van der Waals surface area (Å²) in [6.45, 7) is 4.47. The van der Waals surface area contributed by atoms with E-state index >= 15 is 0 Å². The van der Waals surface area contributed by atoms with E-state index < -0.39 is 0 Å². The number of hydrogen-bond donors (Lipinski definition) is 0. The van der Waals surface area contributed by atoms with E-state index in [9.17, 15) is 4.79 Å². The molecule has 0 radical (unpaired) electrons. The Kier molecular flexibility index (Phi) is 3.89. The predicted octanol–water partition coefficient (Wildman–Crippen LogP) is 2.30. The second-order valence-electron chi connectivity index (χ2n) is 2.84. The number of anilines is 1. The summed E-state index contributed by atoms with van der Waals surface area (Å²) in [7, 11) is 0. The van der Waals surface area contributed by atoms with E-state index in [2.05, 4.69) is 11.9 Å². The third kappa shape index (κ3) is 2.81. The number of thiazole rings is 1. The number of aromatic nitrogens is 1. The summed E-state index contributed by atoms with van der Waals surface area (Å²) in [6.07, 6.45) is 3.84. The van der Waals surface area contributed by atoms with Crippen molar-refractivity contribution in [3.05, 3.63) is 11.6 Å². The van der Waals surface area contributed by atoms with Crippen LogP contribution in [0.15, 0.2) is 11.6 Å². The molecule has 3 nitrogen and oxygen atoms in total. The van der Waals surface area contributed by atoms with Gasteiger partial charge in [-0.25, -0.2) is 4.98 Å². The molecule has 0 aliphatic rings. The third-order valence-electron chi connectivity index (χ3n) is 1.77. The van der Waals surface area contributed by atoms with Gasteiger partial charge >= 0.3 is 0 Å². The van der Waals surface area contributed by atoms with Crippen LogP contribution in [0.2, 0.25) is 0 Å². The summed E-state index contributed by atoms with van der Waals surface area (Å²) >= 11 is 1.50. The van der Waals surface area contributed by atoms with Gasteiger partial charge in [0, 0.05) is 25.0 Å². The lowest BCUT2D eigenvalue weighted by molar-refractivity contribution is -0.116. The first-order valence-electron chi connectivity index (χ1n) is 4.43. The first kappa shape index (κ1) is 10.2. The monoisotopic (exact) mass is 198 g/mol. The molecule has 0 aliphatic heterocycles. The van der Waals surface area contributed by atoms with Gasteiger partial charge in [-0.1, -0.05) is 13.3 Å². The first-order chi connectivity index (χ1) is 6.25. The van der Waals surface area contributed by atoms with E-state index in [1.807, 2.05) is 5.38 Å². The highest BCUT2D eigenvalue weighted by Crippen LogP contribution is 2.17. The van der Waals surface area contributed by atoms with Crippen LogP contribution in [0.25, 0.3) is 0 Å². The fraction of sp³-hybridized carbons (Fsp3) is 0.556. The minimum atomic E-state index is 0.0726. The van der Waals surface area contributed by atoms with Crippen molar-refractivity contribution in [1.82, 2.24) is 4.98 Å². The Morgan fingerprint density at radius 3 is 2.92 bits per heavy atom. The minimum Gasteiger partial charge on any atom is -0.288 e. The van der Waals surface area contributed by atoms with Crippen LogP contribution in [0.1, 0.15) is 26.7 Å². The van der Waals surface area contributed by atoms with Crippen molar-refractivity contribution in [3.8, 4) is 0 Å². The van der Waals surface area contributed by atoms with Gasteiger partial charge < -0.3 is 0 Å². The van der Waals surface area contributed by atoms with E-state index in [-0.39, 0.29) is 5.91 Å². The maximum Gasteiger partial charge on any atom is 0.225 e. The average Bonchev–Trinajstić information content (AvgIpc) is 2.57. The highest BCUT2D eigenvalue weighted by molar-refractivity contribution is 7.13. The van der Waals surface area contributed by atoms with Gasteiger partial charge in [0.2, 0.25) is 5.91 Å². The van der Waals surface area contributed by atoms with Gasteiger partial charge in [-0.15, -0.1) is 11.3 Å². The molecule has 1 heterocycles. The Balaban J connectivity index is 2.63. The third-order valence-corrected chi connectivity index (χ3v) is 2.56. The zero-order chi connectivity index (χ0) is 9.68. The van der Waals surface area contributed by atoms with Crippen molar-refractivity contribution in [2.45, 2.75) is 26.7 Å². The Morgan fingerprint density at radius 1 is 1.69 bits per heavy atom. The normalized spacial score (nSPS) is 10.0. The molecule has 1 aromatic heterocycles. The topological polar surface area (TPSA) is 33.2 Å². The molecule has 1 amide bonds. The summed E-state index contributed by atoms with van der Waals surface area (Å²) < 4.78 is 0. The second-order valence-corrected chi connectivity index (χ2v) is 3.71. The van der Waals surface area contributed by atoms with Crippen molar-refractivity contribution in [2.24, 2.45) is 0 Å². The van der Waals surface area contributed by atoms with Crippen LogP contribution >= 0.6 is 11.3 Å². The van der Waals surface area contributed by atoms with Crippen LogP contribution in [-0.4, -0.2) is 17.4 Å². The van der Waals surface area contributed by atoms with Gasteiger partial charge in [0.25, 0.3) is 0 Å². The number of amides is 1. The van der Waals surface area contributed by atoms with Crippen molar-refractivity contribution in [2.75, 3.05) is 11.4 Å². The largest absolute Gasteiger partial charge is 0.288 e. The zero-order valence-electron chi connectivity index (χ0n) is 7.99. The van der Waals surface area contributed by atoms with Gasteiger partial charge in [-0.05, 0) is 6.42 Å². The van der Waals surface area contributed by atoms with Crippen molar-refractivity contribution >= 4 is 22.4 Å². The summed E-state index contributed by atoms with van der Waals surface area (Å²) in [5.74, 6) is 0.0726. The summed E-state index contributed by atoms with van der Waals surface area (Å²) in [5.41, 5.74) is 0. The van der Waals surface area contributed by atoms with Gasteiger partial charge in [0.1, 0.15) is 0 Å². The molecule has 0 saturated carbocycles. The van der Waals surface area contributed by atoms with E-state index in [0.29, 0.717) is 0 Å². The number of rotatable bonds is 4. The molecular weight excluding hydrogens is 184 g/mol. The second kappa shape index (κ2) is 4.97. The van der Waals surface area contributed by atoms with E-state index in [0.717, 1.165) is 24.5 Å². The molecule has 0 fully saturated rings. The lowest BCUT2D eigenvalue weighted by atomic mass is 10.3. The van der Waals surface area contributed by atoms with Crippen LogP contribution < -0.4 is 4.90 Å². The zero-order valence-corrected chi connectivity index (χ0v) is 8.80. The van der Waals surface area contributed by atoms with Gasteiger partial charge in [-0.2, -0.15) is 0 Å². The van der Waals surface area contributed by atoms with Crippen LogP contribution in [0, 0.1) is 0 Å². The van der Waals surface area contributed by atoms with Crippen LogP contribution in [0.4, 0.5) is 5.13 Å². The summed E-state index contributed by atoms with van der Waals surface area (Å²) in [6, 6.07) is 0. The van der Waals surface area contributed by atoms with Crippen molar-refractivity contribution < 1.29 is 4.79 Å². The van der Waals surface area contributed by atoms with E-state index in [4.69, 9.17) is 0 Å². The SMILES string of the molecule is CCCCN(C(C)=O)c1nccs1. The van der Waals surface area contributed by atoms with Crippen molar-refractivity contribution in [1.29, 1.82) is 0 Å². The molecule has 4 heteroatoms. The summed E-state index contributed by atoms with van der Waals surface area (Å²) in [5, 5.41) is 2.69. The molecule has 0 aliphatic carbocycles. The molecule has 0 aromatic carbocycles. The molecule has 0 N–H and O–H groups in total. The Hall–Kier alpha value is -0.900. The maximum atomic E-state index is 11.2. The molecule has 0 atom stereocenters. The number of carbonyl (C=O) groups is 1. The molecule has 1 aromatic rings. The highest BCUT2D eigenvalue weighted by atomic mass is 32.1. The lowest BCUT2D eigenvalue weighted by Gasteiger charge is -2.16. The summed E-state index contributed by atoms with van der Waals surface area (Å²) in [4.78, 5) is 17.1. The van der Waals surface area contributed by atoms with Gasteiger partial charge in [-0.3, -0.25) is 9.69 Å². The average molecular weight is 198 g/mol. The first-order valence-corrected chi connectivity index (χ1v) is 5.31. The van der Waals surface area contributed by atoms with E-state index in [1.165, 1.54) is 11.3 Å². The Morgan fingerprint density at radius 2 is 2.46 bits per heavy atom. The smallest absolute Gasteiger partial charge is 0.225 e. The molecule has 0 unspecified atom stereocenters. The van der Waals surface area contributed by atoms with E-state index in [1.54, 1.807) is 18.0 Å². The molecular formula is C9H14N2OS. The molecule has 13 heavy (non-hydrogen) atoms. The number of unbranched alkanes of at least 4 members (excludes halogenated alkanes) is 1. The van der Waals surface area contributed by atoms with Crippen LogP contribution in [0.5, 0.6) is 0 Å². The fourth-order valence-corrected chi connectivity index (χ4v) is 1.77. The van der Waals surface area contributed by atoms with Gasteiger partial charge in [0.05, 0.1) is 0 Å².